The minimum Gasteiger partial charge on any atom is -0.504 e. The zero-order valence-corrected chi connectivity index (χ0v) is 21.2. The van der Waals surface area contributed by atoms with Crippen LogP contribution in [0, 0.1) is 6.92 Å². The maximum atomic E-state index is 13.7. The number of aromatic nitrogens is 2. The summed E-state index contributed by atoms with van der Waals surface area (Å²) in [6.45, 7) is 1.99. The number of carbonyl (C=O) groups is 1. The van der Waals surface area contributed by atoms with E-state index >= 15 is 0 Å². The number of thiophene rings is 1. The Labute approximate surface area is 215 Å². The Morgan fingerprint density at radius 2 is 1.94 bits per heavy atom. The van der Waals surface area contributed by atoms with Crippen LogP contribution in [0.2, 0.25) is 0 Å². The molecule has 0 bridgehead atoms. The Balaban J connectivity index is 1.41. The first kappa shape index (κ1) is 24.1. The lowest BCUT2D eigenvalue weighted by Crippen LogP contribution is -2.24. The summed E-state index contributed by atoms with van der Waals surface area (Å²) in [5.41, 5.74) is 5.79. The third-order valence-electron chi connectivity index (χ3n) is 5.99. The summed E-state index contributed by atoms with van der Waals surface area (Å²) in [5.74, 6) is -0.864. The lowest BCUT2D eigenvalue weighted by molar-refractivity contribution is -0.118. The van der Waals surface area contributed by atoms with Crippen LogP contribution in [0.25, 0.3) is 15.9 Å². The fourth-order valence-corrected chi connectivity index (χ4v) is 6.27. The van der Waals surface area contributed by atoms with E-state index < -0.39 is 0 Å². The molecule has 184 valence electrons. The number of phenolic OH excluding ortho intramolecular Hbond substituents is 2. The molecule has 0 atom stereocenters. The Hall–Kier alpha value is -3.63. The van der Waals surface area contributed by atoms with E-state index in [-0.39, 0.29) is 28.7 Å². The quantitative estimate of drug-likeness (QED) is 0.115. The number of carbonyl (C=O) groups excluding carboxylic acids is 1. The average molecular weight is 521 g/mol. The summed E-state index contributed by atoms with van der Waals surface area (Å²) in [4.78, 5) is 33.0. The summed E-state index contributed by atoms with van der Waals surface area (Å²) in [6, 6.07) is 11.9. The molecule has 3 N–H and O–H groups in total. The van der Waals surface area contributed by atoms with Gasteiger partial charge in [0.25, 0.3) is 11.5 Å². The van der Waals surface area contributed by atoms with Gasteiger partial charge in [-0.2, -0.15) is 5.10 Å². The Kier molecular flexibility index (Phi) is 6.80. The molecule has 1 aliphatic carbocycles. The van der Waals surface area contributed by atoms with Gasteiger partial charge in [-0.1, -0.05) is 29.5 Å². The molecule has 0 spiro atoms. The Morgan fingerprint density at radius 3 is 2.72 bits per heavy atom. The van der Waals surface area contributed by atoms with Crippen LogP contribution in [0.1, 0.15) is 34.4 Å². The van der Waals surface area contributed by atoms with Crippen molar-refractivity contribution in [2.75, 3.05) is 5.75 Å². The van der Waals surface area contributed by atoms with E-state index in [1.165, 1.54) is 35.0 Å². The van der Waals surface area contributed by atoms with Gasteiger partial charge in [0, 0.05) is 4.88 Å². The van der Waals surface area contributed by atoms with Gasteiger partial charge < -0.3 is 10.2 Å². The highest BCUT2D eigenvalue weighted by Gasteiger charge is 2.23. The van der Waals surface area contributed by atoms with E-state index in [2.05, 4.69) is 10.5 Å². The van der Waals surface area contributed by atoms with Crippen molar-refractivity contribution in [1.29, 1.82) is 0 Å². The van der Waals surface area contributed by atoms with Crippen LogP contribution < -0.4 is 11.0 Å². The highest BCUT2D eigenvalue weighted by Crippen LogP contribution is 2.35. The van der Waals surface area contributed by atoms with Crippen molar-refractivity contribution in [1.82, 2.24) is 15.0 Å². The first-order chi connectivity index (χ1) is 17.4. The van der Waals surface area contributed by atoms with Crippen LogP contribution in [-0.4, -0.2) is 37.6 Å². The largest absolute Gasteiger partial charge is 0.504 e. The Bertz CT molecular complexity index is 1540. The first-order valence-electron chi connectivity index (χ1n) is 11.5. The summed E-state index contributed by atoms with van der Waals surface area (Å²) in [5, 5.41) is 24.0. The number of hydrazone groups is 1. The highest BCUT2D eigenvalue weighted by atomic mass is 32.2. The van der Waals surface area contributed by atoms with Crippen LogP contribution >= 0.6 is 23.1 Å². The van der Waals surface area contributed by atoms with Gasteiger partial charge in [-0.25, -0.2) is 10.4 Å². The zero-order valence-electron chi connectivity index (χ0n) is 19.5. The van der Waals surface area contributed by atoms with Crippen LogP contribution in [0.4, 0.5) is 0 Å². The maximum Gasteiger partial charge on any atom is 0.267 e. The smallest absolute Gasteiger partial charge is 0.267 e. The zero-order chi connectivity index (χ0) is 25.2. The minimum absolute atomic E-state index is 0.00701. The number of hydrogen-bond donors (Lipinski definition) is 3. The fraction of sp³-hybridized carbons (Fsp3) is 0.231. The minimum atomic E-state index is -0.366. The van der Waals surface area contributed by atoms with E-state index in [4.69, 9.17) is 4.98 Å². The predicted molar refractivity (Wildman–Crippen MR) is 143 cm³/mol. The lowest BCUT2D eigenvalue weighted by atomic mass is 9.97. The fourth-order valence-electron chi connectivity index (χ4n) is 4.17. The van der Waals surface area contributed by atoms with Crippen molar-refractivity contribution in [3.8, 4) is 17.2 Å². The molecular weight excluding hydrogens is 496 g/mol. The van der Waals surface area contributed by atoms with Crippen molar-refractivity contribution in [3.05, 3.63) is 74.4 Å². The molecule has 0 aliphatic heterocycles. The van der Waals surface area contributed by atoms with Crippen molar-refractivity contribution < 1.29 is 15.0 Å². The molecule has 10 heteroatoms. The second-order valence-corrected chi connectivity index (χ2v) is 10.6. The van der Waals surface area contributed by atoms with Gasteiger partial charge in [-0.3, -0.25) is 14.2 Å². The molecule has 0 radical (unpaired) electrons. The second-order valence-electron chi connectivity index (χ2n) is 8.59. The molecule has 0 fully saturated rings. The number of aromatic hydroxyl groups is 2. The van der Waals surface area contributed by atoms with Crippen LogP contribution in [-0.2, 0) is 17.6 Å². The van der Waals surface area contributed by atoms with E-state index in [1.54, 1.807) is 22.0 Å². The van der Waals surface area contributed by atoms with Gasteiger partial charge in [-0.05, 0) is 74.1 Å². The maximum absolute atomic E-state index is 13.7. The van der Waals surface area contributed by atoms with Crippen LogP contribution in [0.5, 0.6) is 11.5 Å². The topological polar surface area (TPSA) is 117 Å². The normalized spacial score (nSPS) is 13.2. The average Bonchev–Trinajstić information content (AvgIpc) is 3.24. The van der Waals surface area contributed by atoms with Gasteiger partial charge >= 0.3 is 0 Å². The van der Waals surface area contributed by atoms with Gasteiger partial charge in [0.05, 0.1) is 23.0 Å². The number of nitrogens with one attached hydrogen (secondary N) is 1. The van der Waals surface area contributed by atoms with E-state index in [1.807, 2.05) is 31.2 Å². The molecule has 36 heavy (non-hydrogen) atoms. The molecular formula is C26H24N4O4S2. The van der Waals surface area contributed by atoms with Gasteiger partial charge in [-0.15, -0.1) is 11.3 Å². The first-order valence-corrected chi connectivity index (χ1v) is 13.3. The molecule has 5 rings (SSSR count). The number of aryl methyl sites for hydroxylation is 3. The SMILES string of the molecule is Cc1ccc(-n2c(SCC(=O)NN=Cc3ccc(O)c(O)c3)nc3sc4c(c3c2=O)CCCC4)cc1. The van der Waals surface area contributed by atoms with E-state index in [0.717, 1.165) is 41.6 Å². The Morgan fingerprint density at radius 1 is 1.17 bits per heavy atom. The summed E-state index contributed by atoms with van der Waals surface area (Å²) >= 11 is 2.76. The summed E-state index contributed by atoms with van der Waals surface area (Å²) in [7, 11) is 0. The van der Waals surface area contributed by atoms with E-state index in [9.17, 15) is 19.8 Å². The summed E-state index contributed by atoms with van der Waals surface area (Å²) in [6.07, 6.45) is 5.43. The van der Waals surface area contributed by atoms with Crippen molar-refractivity contribution in [3.63, 3.8) is 0 Å². The van der Waals surface area contributed by atoms with Gasteiger partial charge in [0.15, 0.2) is 16.7 Å². The predicted octanol–water partition coefficient (Wildman–Crippen LogP) is 4.29. The number of phenols is 2. The number of hydrogen-bond acceptors (Lipinski definition) is 8. The highest BCUT2D eigenvalue weighted by molar-refractivity contribution is 7.99. The van der Waals surface area contributed by atoms with Crippen molar-refractivity contribution in [2.24, 2.45) is 5.10 Å². The van der Waals surface area contributed by atoms with Crippen molar-refractivity contribution in [2.45, 2.75) is 37.8 Å². The number of fused-ring (bicyclic) bond motifs is 3. The monoisotopic (exact) mass is 520 g/mol. The number of nitrogens with zero attached hydrogens (tertiary/aromatic N) is 3. The molecule has 0 unspecified atom stereocenters. The molecule has 2 aromatic carbocycles. The molecule has 0 saturated heterocycles. The molecule has 1 aliphatic rings. The molecule has 2 aromatic heterocycles. The molecule has 2 heterocycles. The van der Waals surface area contributed by atoms with Crippen LogP contribution in [0.3, 0.4) is 0 Å². The van der Waals surface area contributed by atoms with Crippen molar-refractivity contribution >= 4 is 45.4 Å². The van der Waals surface area contributed by atoms with Crippen LogP contribution in [0.15, 0.2) is 57.5 Å². The van der Waals surface area contributed by atoms with E-state index in [0.29, 0.717) is 21.8 Å². The molecule has 1 amide bonds. The third kappa shape index (κ3) is 4.87. The number of thioether (sulfide) groups is 1. The standard InChI is InChI=1S/C26H24N4O4S2/c1-15-6-9-17(10-7-15)30-25(34)23-18-4-2-3-5-21(18)36-24(23)28-26(30)35-14-22(33)29-27-13-16-8-11-19(31)20(32)12-16/h6-13,31-32H,2-5,14H2,1H3,(H,29,33). The molecule has 0 saturated carbocycles. The number of amides is 1. The lowest BCUT2D eigenvalue weighted by Gasteiger charge is -2.13. The number of rotatable bonds is 6. The van der Waals surface area contributed by atoms with Gasteiger partial charge in [0.2, 0.25) is 0 Å². The second kappa shape index (κ2) is 10.2. The summed E-state index contributed by atoms with van der Waals surface area (Å²) < 4.78 is 1.60. The number of benzene rings is 2. The molecule has 4 aromatic rings. The van der Waals surface area contributed by atoms with Gasteiger partial charge in [0.1, 0.15) is 4.83 Å². The third-order valence-corrected chi connectivity index (χ3v) is 8.11. The molecule has 8 nitrogen and oxygen atoms in total.